The quantitative estimate of drug-likeness (QED) is 0.894. The molecule has 1 aromatic rings. The highest BCUT2D eigenvalue weighted by atomic mass is 19.1. The lowest BCUT2D eigenvalue weighted by atomic mass is 9.69. The molecule has 1 aliphatic carbocycles. The van der Waals surface area contributed by atoms with Crippen LogP contribution in [0.4, 0.5) is 10.1 Å². The average Bonchev–Trinajstić information content (AvgIpc) is 2.45. The Labute approximate surface area is 125 Å². The van der Waals surface area contributed by atoms with Crippen molar-refractivity contribution in [3.63, 3.8) is 0 Å². The van der Waals surface area contributed by atoms with E-state index >= 15 is 0 Å². The summed E-state index contributed by atoms with van der Waals surface area (Å²) in [6, 6.07) is 6.59. The molecule has 0 spiro atoms. The predicted octanol–water partition coefficient (Wildman–Crippen LogP) is 3.93. The van der Waals surface area contributed by atoms with E-state index in [0.717, 1.165) is 12.8 Å². The normalized spacial score (nSPS) is 25.6. The van der Waals surface area contributed by atoms with Gasteiger partial charge < -0.3 is 10.0 Å². The highest BCUT2D eigenvalue weighted by Gasteiger charge is 2.43. The molecule has 1 saturated carbocycles. The van der Waals surface area contributed by atoms with Crippen molar-refractivity contribution >= 4 is 11.7 Å². The van der Waals surface area contributed by atoms with Crippen LogP contribution in [0.2, 0.25) is 0 Å². The molecule has 1 fully saturated rings. The smallest absolute Gasteiger partial charge is 0.311 e. The van der Waals surface area contributed by atoms with E-state index in [-0.39, 0.29) is 5.82 Å². The number of hydrogen-bond acceptors (Lipinski definition) is 2. The third-order valence-electron chi connectivity index (χ3n) is 4.61. The lowest BCUT2D eigenvalue weighted by Gasteiger charge is -2.40. The monoisotopic (exact) mass is 293 g/mol. The Morgan fingerprint density at radius 1 is 1.48 bits per heavy atom. The van der Waals surface area contributed by atoms with Gasteiger partial charge in [0.1, 0.15) is 5.82 Å². The summed E-state index contributed by atoms with van der Waals surface area (Å²) in [5, 5.41) is 9.75. The fourth-order valence-corrected chi connectivity index (χ4v) is 3.51. The molecular weight excluding hydrogens is 269 g/mol. The van der Waals surface area contributed by atoms with Crippen molar-refractivity contribution in [1.29, 1.82) is 0 Å². The zero-order chi connectivity index (χ0) is 15.5. The van der Waals surface area contributed by atoms with Crippen molar-refractivity contribution in [3.8, 4) is 0 Å². The Morgan fingerprint density at radius 2 is 2.19 bits per heavy atom. The molecule has 21 heavy (non-hydrogen) atoms. The number of benzene rings is 1. The zero-order valence-corrected chi connectivity index (χ0v) is 12.8. The third kappa shape index (κ3) is 3.36. The summed E-state index contributed by atoms with van der Waals surface area (Å²) in [4.78, 5) is 13.7. The number of hydrogen-bond donors (Lipinski definition) is 1. The Kier molecular flexibility index (Phi) is 4.86. The molecule has 0 radical (unpaired) electrons. The summed E-state index contributed by atoms with van der Waals surface area (Å²) in [6.45, 7) is 5.03. The van der Waals surface area contributed by atoms with E-state index in [9.17, 15) is 14.3 Å². The van der Waals surface area contributed by atoms with Crippen LogP contribution >= 0.6 is 0 Å². The van der Waals surface area contributed by atoms with Crippen LogP contribution in [0, 0.1) is 17.2 Å². The summed E-state index contributed by atoms with van der Waals surface area (Å²) in [6.07, 6.45) is 3.37. The van der Waals surface area contributed by atoms with E-state index in [0.29, 0.717) is 37.5 Å². The van der Waals surface area contributed by atoms with Gasteiger partial charge in [-0.3, -0.25) is 4.79 Å². The molecule has 0 bridgehead atoms. The molecule has 0 amide bonds. The predicted molar refractivity (Wildman–Crippen MR) is 82.0 cm³/mol. The molecule has 0 aromatic heterocycles. The Balaban J connectivity index is 2.26. The number of para-hydroxylation sites is 1. The molecule has 1 aromatic carbocycles. The van der Waals surface area contributed by atoms with E-state index in [1.54, 1.807) is 18.2 Å². The number of anilines is 1. The highest BCUT2D eigenvalue weighted by molar-refractivity contribution is 5.76. The first-order chi connectivity index (χ1) is 9.98. The summed E-state index contributed by atoms with van der Waals surface area (Å²) in [5.41, 5.74) is -0.255. The van der Waals surface area contributed by atoms with Crippen molar-refractivity contribution in [2.75, 3.05) is 18.0 Å². The van der Waals surface area contributed by atoms with Crippen molar-refractivity contribution in [2.45, 2.75) is 39.5 Å². The van der Waals surface area contributed by atoms with Gasteiger partial charge in [-0.15, -0.1) is 0 Å². The van der Waals surface area contributed by atoms with Gasteiger partial charge in [0.2, 0.25) is 0 Å². The lowest BCUT2D eigenvalue weighted by molar-refractivity contribution is -0.151. The maximum Gasteiger partial charge on any atom is 0.311 e. The van der Waals surface area contributed by atoms with Crippen LogP contribution in [0.15, 0.2) is 24.3 Å². The molecule has 1 N–H and O–H groups in total. The van der Waals surface area contributed by atoms with Crippen molar-refractivity contribution < 1.29 is 14.3 Å². The van der Waals surface area contributed by atoms with Gasteiger partial charge in [0.25, 0.3) is 0 Å². The van der Waals surface area contributed by atoms with Crippen LogP contribution in [0.25, 0.3) is 0 Å². The van der Waals surface area contributed by atoms with Gasteiger partial charge in [-0.25, -0.2) is 4.39 Å². The molecule has 1 aliphatic rings. The minimum absolute atomic E-state index is 0.288. The molecule has 0 heterocycles. The largest absolute Gasteiger partial charge is 0.481 e. The molecule has 3 nitrogen and oxygen atoms in total. The van der Waals surface area contributed by atoms with Crippen LogP contribution in [0.5, 0.6) is 0 Å². The number of aliphatic carboxylic acids is 1. The second kappa shape index (κ2) is 6.46. The van der Waals surface area contributed by atoms with Gasteiger partial charge in [-0.1, -0.05) is 31.9 Å². The van der Waals surface area contributed by atoms with Crippen LogP contribution < -0.4 is 4.90 Å². The number of halogens is 1. The molecule has 116 valence electrons. The van der Waals surface area contributed by atoms with Crippen molar-refractivity contribution in [3.05, 3.63) is 30.1 Å². The third-order valence-corrected chi connectivity index (χ3v) is 4.61. The maximum absolute atomic E-state index is 14.0. The molecule has 2 rings (SSSR count). The topological polar surface area (TPSA) is 40.5 Å². The van der Waals surface area contributed by atoms with E-state index in [4.69, 9.17) is 0 Å². The lowest BCUT2D eigenvalue weighted by Crippen LogP contribution is -2.46. The van der Waals surface area contributed by atoms with Gasteiger partial charge in [0.15, 0.2) is 0 Å². The zero-order valence-electron chi connectivity index (χ0n) is 12.8. The second-order valence-electron chi connectivity index (χ2n) is 6.25. The Hall–Kier alpha value is -1.58. The summed E-state index contributed by atoms with van der Waals surface area (Å²) in [7, 11) is 0. The molecule has 2 atom stereocenters. The Bertz CT molecular complexity index is 505. The molecule has 0 saturated heterocycles. The number of carbonyl (C=O) groups is 1. The summed E-state index contributed by atoms with van der Waals surface area (Å²) >= 11 is 0. The van der Waals surface area contributed by atoms with E-state index in [1.807, 2.05) is 11.8 Å². The fourth-order valence-electron chi connectivity index (χ4n) is 3.51. The van der Waals surface area contributed by atoms with Crippen LogP contribution in [-0.2, 0) is 4.79 Å². The van der Waals surface area contributed by atoms with Crippen LogP contribution in [-0.4, -0.2) is 24.2 Å². The van der Waals surface area contributed by atoms with Crippen LogP contribution in [0.3, 0.4) is 0 Å². The fraction of sp³-hybridized carbons (Fsp3) is 0.588. The van der Waals surface area contributed by atoms with Gasteiger partial charge in [-0.05, 0) is 37.8 Å². The minimum Gasteiger partial charge on any atom is -0.481 e. The number of nitrogens with zero attached hydrogens (tertiary/aromatic N) is 1. The first-order valence-corrected chi connectivity index (χ1v) is 7.71. The Morgan fingerprint density at radius 3 is 2.76 bits per heavy atom. The average molecular weight is 293 g/mol. The number of carboxylic acids is 1. The van der Waals surface area contributed by atoms with Crippen LogP contribution in [0.1, 0.15) is 39.5 Å². The van der Waals surface area contributed by atoms with Crippen molar-refractivity contribution in [2.24, 2.45) is 11.3 Å². The van der Waals surface area contributed by atoms with Gasteiger partial charge in [0, 0.05) is 13.1 Å². The van der Waals surface area contributed by atoms with E-state index in [1.165, 1.54) is 6.07 Å². The standard InChI is InChI=1S/C17H24FNO2/c1-3-19(15-9-5-4-8-14(15)18)12-17(16(20)21)10-6-7-13(2)11-17/h4-5,8-9,13H,3,6-7,10-12H2,1-2H3,(H,20,21). The first-order valence-electron chi connectivity index (χ1n) is 7.71. The molecule has 0 aliphatic heterocycles. The molecular formula is C17H24FNO2. The summed E-state index contributed by atoms with van der Waals surface area (Å²) in [5.74, 6) is -0.623. The van der Waals surface area contributed by atoms with Gasteiger partial charge in [-0.2, -0.15) is 0 Å². The summed E-state index contributed by atoms with van der Waals surface area (Å²) < 4.78 is 14.0. The maximum atomic E-state index is 14.0. The van der Waals surface area contributed by atoms with Crippen molar-refractivity contribution in [1.82, 2.24) is 0 Å². The number of rotatable bonds is 5. The molecule has 2 unspecified atom stereocenters. The number of carboxylic acid groups (broad SMARTS) is 1. The van der Waals surface area contributed by atoms with Gasteiger partial charge >= 0.3 is 5.97 Å². The van der Waals surface area contributed by atoms with E-state index in [2.05, 4.69) is 6.92 Å². The highest BCUT2D eigenvalue weighted by Crippen LogP contribution is 2.41. The van der Waals surface area contributed by atoms with Gasteiger partial charge in [0.05, 0.1) is 11.1 Å². The first kappa shape index (κ1) is 15.8. The van der Waals surface area contributed by atoms with E-state index < -0.39 is 11.4 Å². The molecule has 4 heteroatoms. The SMILES string of the molecule is CCN(CC1(C(=O)O)CCCC(C)C1)c1ccccc1F. The minimum atomic E-state index is -0.754. The second-order valence-corrected chi connectivity index (χ2v) is 6.25.